The zero-order chi connectivity index (χ0) is 11.5. The standard InChI is InChI=1S/C11H12BrNO3/c12-7-3-4-9(13-6-7)10-8(11(14)15)2-1-5-16-10/h3-4,6,8,10H,1-2,5H2,(H,14,15). The van der Waals surface area contributed by atoms with Crippen LogP contribution in [0.15, 0.2) is 22.8 Å². The van der Waals surface area contributed by atoms with E-state index in [1.165, 1.54) is 0 Å². The van der Waals surface area contributed by atoms with Gasteiger partial charge in [0.15, 0.2) is 0 Å². The second kappa shape index (κ2) is 4.93. The zero-order valence-electron chi connectivity index (χ0n) is 8.60. The van der Waals surface area contributed by atoms with Crippen LogP contribution in [0.25, 0.3) is 0 Å². The largest absolute Gasteiger partial charge is 0.481 e. The first-order chi connectivity index (χ1) is 7.68. The van der Waals surface area contributed by atoms with Crippen LogP contribution in [0.2, 0.25) is 0 Å². The number of carbonyl (C=O) groups is 1. The van der Waals surface area contributed by atoms with Crippen molar-refractivity contribution in [1.82, 2.24) is 4.98 Å². The van der Waals surface area contributed by atoms with Crippen LogP contribution in [0.1, 0.15) is 24.6 Å². The van der Waals surface area contributed by atoms with Crippen molar-refractivity contribution in [1.29, 1.82) is 0 Å². The number of halogens is 1. The topological polar surface area (TPSA) is 59.4 Å². The molecule has 1 saturated heterocycles. The van der Waals surface area contributed by atoms with Crippen molar-refractivity contribution in [2.75, 3.05) is 6.61 Å². The molecule has 0 radical (unpaired) electrons. The molecular weight excluding hydrogens is 274 g/mol. The summed E-state index contributed by atoms with van der Waals surface area (Å²) in [6.45, 7) is 0.603. The Kier molecular flexibility index (Phi) is 3.56. The maximum absolute atomic E-state index is 11.1. The van der Waals surface area contributed by atoms with Gasteiger partial charge in [-0.2, -0.15) is 0 Å². The average molecular weight is 286 g/mol. The van der Waals surface area contributed by atoms with E-state index in [1.54, 1.807) is 12.3 Å². The lowest BCUT2D eigenvalue weighted by atomic mass is 9.92. The van der Waals surface area contributed by atoms with Crippen LogP contribution in [-0.4, -0.2) is 22.7 Å². The molecule has 1 aliphatic rings. The maximum Gasteiger partial charge on any atom is 0.309 e. The predicted octanol–water partition coefficient (Wildman–Crippen LogP) is 2.40. The van der Waals surface area contributed by atoms with Gasteiger partial charge in [-0.15, -0.1) is 0 Å². The normalized spacial score (nSPS) is 25.3. The molecule has 2 heterocycles. The molecule has 5 heteroatoms. The van der Waals surface area contributed by atoms with Crippen LogP contribution in [0.4, 0.5) is 0 Å². The molecule has 1 aliphatic heterocycles. The van der Waals surface area contributed by atoms with E-state index in [0.29, 0.717) is 18.7 Å². The SMILES string of the molecule is O=C(O)C1CCCOC1c1ccc(Br)cn1. The number of hydrogen-bond donors (Lipinski definition) is 1. The van der Waals surface area contributed by atoms with Gasteiger partial charge in [-0.3, -0.25) is 9.78 Å². The summed E-state index contributed by atoms with van der Waals surface area (Å²) in [6.07, 6.45) is 2.69. The number of rotatable bonds is 2. The molecule has 0 aromatic carbocycles. The van der Waals surface area contributed by atoms with Gasteiger partial charge in [-0.1, -0.05) is 0 Å². The molecular formula is C11H12BrNO3. The first-order valence-corrected chi connectivity index (χ1v) is 5.93. The number of hydrogen-bond acceptors (Lipinski definition) is 3. The number of nitrogens with zero attached hydrogens (tertiary/aromatic N) is 1. The highest BCUT2D eigenvalue weighted by atomic mass is 79.9. The summed E-state index contributed by atoms with van der Waals surface area (Å²) < 4.78 is 6.39. The van der Waals surface area contributed by atoms with E-state index < -0.39 is 18.0 Å². The Morgan fingerprint density at radius 1 is 1.56 bits per heavy atom. The molecule has 1 aromatic rings. The Balaban J connectivity index is 2.23. The van der Waals surface area contributed by atoms with Crippen LogP contribution in [-0.2, 0) is 9.53 Å². The van der Waals surface area contributed by atoms with Crippen molar-refractivity contribution in [3.05, 3.63) is 28.5 Å². The predicted molar refractivity (Wildman–Crippen MR) is 61.0 cm³/mol. The lowest BCUT2D eigenvalue weighted by molar-refractivity contribution is -0.152. The second-order valence-corrected chi connectivity index (χ2v) is 4.70. The van der Waals surface area contributed by atoms with Crippen molar-refractivity contribution >= 4 is 21.9 Å². The van der Waals surface area contributed by atoms with Crippen molar-refractivity contribution < 1.29 is 14.6 Å². The van der Waals surface area contributed by atoms with E-state index in [-0.39, 0.29) is 0 Å². The third-order valence-corrected chi connectivity index (χ3v) is 3.15. The van der Waals surface area contributed by atoms with E-state index in [9.17, 15) is 4.79 Å². The fourth-order valence-corrected chi connectivity index (χ4v) is 2.12. The smallest absolute Gasteiger partial charge is 0.309 e. The molecule has 2 unspecified atom stereocenters. The minimum Gasteiger partial charge on any atom is -0.481 e. The molecule has 1 aromatic heterocycles. The monoisotopic (exact) mass is 285 g/mol. The summed E-state index contributed by atoms with van der Waals surface area (Å²) in [5.41, 5.74) is 0.690. The average Bonchev–Trinajstić information content (AvgIpc) is 2.30. The molecule has 2 atom stereocenters. The zero-order valence-corrected chi connectivity index (χ0v) is 10.2. The maximum atomic E-state index is 11.1. The first kappa shape index (κ1) is 11.5. The Labute approximate surface area is 102 Å². The minimum absolute atomic E-state index is 0.417. The molecule has 0 amide bonds. The molecule has 0 bridgehead atoms. The summed E-state index contributed by atoms with van der Waals surface area (Å²) in [4.78, 5) is 15.3. The summed E-state index contributed by atoms with van der Waals surface area (Å²) in [6, 6.07) is 3.65. The third kappa shape index (κ3) is 2.41. The number of carboxylic acids is 1. The summed E-state index contributed by atoms with van der Waals surface area (Å²) in [7, 11) is 0. The van der Waals surface area contributed by atoms with Gasteiger partial charge in [0.25, 0.3) is 0 Å². The van der Waals surface area contributed by atoms with Gasteiger partial charge in [-0.05, 0) is 40.9 Å². The van der Waals surface area contributed by atoms with Gasteiger partial charge < -0.3 is 9.84 Å². The minimum atomic E-state index is -0.811. The van der Waals surface area contributed by atoms with E-state index in [0.717, 1.165) is 10.9 Å². The van der Waals surface area contributed by atoms with Gasteiger partial charge in [0, 0.05) is 17.3 Å². The number of aromatic nitrogens is 1. The highest BCUT2D eigenvalue weighted by molar-refractivity contribution is 9.10. The molecule has 1 fully saturated rings. The van der Waals surface area contributed by atoms with E-state index in [2.05, 4.69) is 20.9 Å². The van der Waals surface area contributed by atoms with Crippen molar-refractivity contribution in [2.45, 2.75) is 18.9 Å². The summed E-state index contributed by atoms with van der Waals surface area (Å²) in [5, 5.41) is 9.11. The van der Waals surface area contributed by atoms with Crippen LogP contribution in [0, 0.1) is 5.92 Å². The Morgan fingerprint density at radius 2 is 2.38 bits per heavy atom. The highest BCUT2D eigenvalue weighted by Gasteiger charge is 2.33. The van der Waals surface area contributed by atoms with Crippen LogP contribution in [0.5, 0.6) is 0 Å². The summed E-state index contributed by atoms with van der Waals surface area (Å²) in [5.74, 6) is -1.29. The molecule has 16 heavy (non-hydrogen) atoms. The number of pyridine rings is 1. The fraction of sp³-hybridized carbons (Fsp3) is 0.455. The van der Waals surface area contributed by atoms with Crippen LogP contribution < -0.4 is 0 Å². The molecule has 4 nitrogen and oxygen atoms in total. The van der Waals surface area contributed by atoms with Crippen molar-refractivity contribution in [3.63, 3.8) is 0 Å². The molecule has 1 N–H and O–H groups in total. The fourth-order valence-electron chi connectivity index (χ4n) is 1.88. The number of aliphatic carboxylic acids is 1. The number of carboxylic acid groups (broad SMARTS) is 1. The van der Waals surface area contributed by atoms with Gasteiger partial charge in [0.2, 0.25) is 0 Å². The van der Waals surface area contributed by atoms with Crippen molar-refractivity contribution in [3.8, 4) is 0 Å². The Bertz CT molecular complexity index is 379. The second-order valence-electron chi connectivity index (χ2n) is 3.78. The Morgan fingerprint density at radius 3 is 3.00 bits per heavy atom. The quantitative estimate of drug-likeness (QED) is 0.907. The van der Waals surface area contributed by atoms with Crippen LogP contribution in [0.3, 0.4) is 0 Å². The van der Waals surface area contributed by atoms with E-state index in [1.807, 2.05) is 6.07 Å². The number of ether oxygens (including phenoxy) is 1. The van der Waals surface area contributed by atoms with Gasteiger partial charge in [0.1, 0.15) is 6.10 Å². The van der Waals surface area contributed by atoms with Gasteiger partial charge >= 0.3 is 5.97 Å². The van der Waals surface area contributed by atoms with E-state index >= 15 is 0 Å². The molecule has 0 saturated carbocycles. The third-order valence-electron chi connectivity index (χ3n) is 2.68. The highest BCUT2D eigenvalue weighted by Crippen LogP contribution is 2.32. The first-order valence-electron chi connectivity index (χ1n) is 5.14. The molecule has 86 valence electrons. The van der Waals surface area contributed by atoms with E-state index in [4.69, 9.17) is 9.84 Å². The molecule has 0 aliphatic carbocycles. The van der Waals surface area contributed by atoms with Gasteiger partial charge in [-0.25, -0.2) is 0 Å². The van der Waals surface area contributed by atoms with Crippen LogP contribution >= 0.6 is 15.9 Å². The molecule has 2 rings (SSSR count). The lowest BCUT2D eigenvalue weighted by Crippen LogP contribution is -2.29. The lowest BCUT2D eigenvalue weighted by Gasteiger charge is -2.28. The van der Waals surface area contributed by atoms with Gasteiger partial charge in [0.05, 0.1) is 11.6 Å². The van der Waals surface area contributed by atoms with Crippen molar-refractivity contribution in [2.24, 2.45) is 5.92 Å². The molecule has 0 spiro atoms. The Hall–Kier alpha value is -0.940. The summed E-state index contributed by atoms with van der Waals surface area (Å²) >= 11 is 3.29.